The molecule has 3 saturated heterocycles. The molecule has 0 bridgehead atoms. The first-order valence-corrected chi connectivity index (χ1v) is 11.7. The lowest BCUT2D eigenvalue weighted by Gasteiger charge is -2.42. The van der Waals surface area contributed by atoms with Crippen LogP contribution < -0.4 is 0 Å². The van der Waals surface area contributed by atoms with Gasteiger partial charge in [-0.1, -0.05) is 12.2 Å². The van der Waals surface area contributed by atoms with Crippen LogP contribution in [-0.2, 0) is 4.74 Å². The van der Waals surface area contributed by atoms with Crippen molar-refractivity contribution in [2.24, 2.45) is 0 Å². The molecule has 0 aromatic carbocycles. The topological polar surface area (TPSA) is 22.2 Å². The minimum Gasteiger partial charge on any atom is -0.381 e. The highest BCUT2D eigenvalue weighted by Crippen LogP contribution is 2.26. The minimum atomic E-state index is 0.643. The van der Waals surface area contributed by atoms with E-state index in [2.05, 4.69) is 51.7 Å². The van der Waals surface area contributed by atoms with Crippen LogP contribution in [0, 0.1) is 0 Å². The molecule has 0 amide bonds. The zero-order chi connectivity index (χ0) is 19.3. The Morgan fingerprint density at radius 1 is 0.893 bits per heavy atom. The molecule has 3 fully saturated rings. The third-order valence-corrected chi connectivity index (χ3v) is 7.21. The summed E-state index contributed by atoms with van der Waals surface area (Å²) in [5.74, 6) is 1.46. The Kier molecular flexibility index (Phi) is 6.97. The molecule has 4 aliphatic heterocycles. The summed E-state index contributed by atoms with van der Waals surface area (Å²) < 4.78 is 5.61. The second-order valence-electron chi connectivity index (χ2n) is 9.19. The van der Waals surface area contributed by atoms with Gasteiger partial charge in [0.25, 0.3) is 0 Å². The van der Waals surface area contributed by atoms with Crippen molar-refractivity contribution < 1.29 is 4.74 Å². The molecule has 0 spiro atoms. The van der Waals surface area contributed by atoms with Crippen molar-refractivity contribution in [1.29, 1.82) is 0 Å². The fraction of sp³-hybridized carbons (Fsp3) is 0.826. The minimum absolute atomic E-state index is 0.643. The van der Waals surface area contributed by atoms with Crippen LogP contribution in [0.15, 0.2) is 24.0 Å². The van der Waals surface area contributed by atoms with E-state index in [9.17, 15) is 0 Å². The number of piperidine rings is 1. The molecule has 0 aromatic heterocycles. The fourth-order valence-electron chi connectivity index (χ4n) is 5.44. The molecule has 0 unspecified atom stereocenters. The summed E-state index contributed by atoms with van der Waals surface area (Å²) in [6.07, 6.45) is 13.2. The summed E-state index contributed by atoms with van der Waals surface area (Å²) >= 11 is 0. The average molecular weight is 389 g/mol. The maximum absolute atomic E-state index is 5.61. The van der Waals surface area contributed by atoms with E-state index in [1.807, 2.05) is 0 Å². The number of nitrogens with zero attached hydrogens (tertiary/aromatic N) is 4. The Bertz CT molecular complexity index is 547. The zero-order valence-corrected chi connectivity index (χ0v) is 18.1. The molecule has 0 aliphatic carbocycles. The Hall–Kier alpha value is -1.04. The summed E-state index contributed by atoms with van der Waals surface area (Å²) in [5, 5.41) is 0. The molecule has 4 aliphatic rings. The van der Waals surface area contributed by atoms with Crippen LogP contribution in [0.5, 0.6) is 0 Å². The second kappa shape index (κ2) is 9.64. The molecule has 0 atom stereocenters. The van der Waals surface area contributed by atoms with Crippen molar-refractivity contribution in [3.05, 3.63) is 24.0 Å². The Labute approximate surface area is 172 Å². The van der Waals surface area contributed by atoms with E-state index in [1.165, 1.54) is 77.2 Å². The molecule has 158 valence electrons. The summed E-state index contributed by atoms with van der Waals surface area (Å²) in [5.41, 5.74) is 0. The smallest absolute Gasteiger partial charge is 0.104 e. The standard InChI is InChI=1S/C23H40N4O/c1-20(2)24-14-7-21(8-15-24)25-11-5-12-26(17-16-25)23-6-3-4-13-27(23)22-9-18-28-19-10-22/h3-4,6,20-22H,5,7-19H2,1-2H3. The monoisotopic (exact) mass is 388 g/mol. The van der Waals surface area contributed by atoms with Crippen molar-refractivity contribution in [2.45, 2.75) is 64.1 Å². The van der Waals surface area contributed by atoms with E-state index >= 15 is 0 Å². The third-order valence-electron chi connectivity index (χ3n) is 7.21. The van der Waals surface area contributed by atoms with Gasteiger partial charge in [-0.3, -0.25) is 4.90 Å². The van der Waals surface area contributed by atoms with Gasteiger partial charge in [-0.25, -0.2) is 0 Å². The summed E-state index contributed by atoms with van der Waals surface area (Å²) in [6.45, 7) is 15.0. The van der Waals surface area contributed by atoms with Crippen molar-refractivity contribution in [3.63, 3.8) is 0 Å². The van der Waals surface area contributed by atoms with Gasteiger partial charge in [0, 0.05) is 64.1 Å². The van der Waals surface area contributed by atoms with Gasteiger partial charge < -0.3 is 19.4 Å². The van der Waals surface area contributed by atoms with Crippen LogP contribution >= 0.6 is 0 Å². The summed E-state index contributed by atoms with van der Waals surface area (Å²) in [7, 11) is 0. The summed E-state index contributed by atoms with van der Waals surface area (Å²) in [4.78, 5) is 10.8. The maximum Gasteiger partial charge on any atom is 0.104 e. The number of likely N-dealkylation sites (tertiary alicyclic amines) is 1. The third kappa shape index (κ3) is 4.74. The van der Waals surface area contributed by atoms with Crippen molar-refractivity contribution in [2.75, 3.05) is 59.0 Å². The molecule has 5 heteroatoms. The fourth-order valence-corrected chi connectivity index (χ4v) is 5.44. The molecule has 0 N–H and O–H groups in total. The second-order valence-corrected chi connectivity index (χ2v) is 9.19. The molecule has 0 aromatic rings. The predicted molar refractivity (Wildman–Crippen MR) is 115 cm³/mol. The van der Waals surface area contributed by atoms with Crippen LogP contribution in [0.2, 0.25) is 0 Å². The van der Waals surface area contributed by atoms with Gasteiger partial charge in [0.05, 0.1) is 0 Å². The first-order valence-electron chi connectivity index (χ1n) is 11.7. The van der Waals surface area contributed by atoms with Gasteiger partial charge in [0.1, 0.15) is 5.82 Å². The molecule has 5 nitrogen and oxygen atoms in total. The first-order chi connectivity index (χ1) is 13.7. The van der Waals surface area contributed by atoms with Gasteiger partial charge in [0.15, 0.2) is 0 Å². The van der Waals surface area contributed by atoms with E-state index in [-0.39, 0.29) is 0 Å². The van der Waals surface area contributed by atoms with Crippen LogP contribution in [0.25, 0.3) is 0 Å². The number of ether oxygens (including phenoxy) is 1. The lowest BCUT2D eigenvalue weighted by Crippen LogP contribution is -2.48. The van der Waals surface area contributed by atoms with Gasteiger partial charge in [0.2, 0.25) is 0 Å². The van der Waals surface area contributed by atoms with E-state index < -0.39 is 0 Å². The summed E-state index contributed by atoms with van der Waals surface area (Å²) in [6, 6.07) is 2.13. The number of hydrogen-bond donors (Lipinski definition) is 0. The van der Waals surface area contributed by atoms with E-state index in [0.717, 1.165) is 25.8 Å². The van der Waals surface area contributed by atoms with Crippen LogP contribution in [-0.4, -0.2) is 96.8 Å². The molecular formula is C23H40N4O. The maximum atomic E-state index is 5.61. The number of hydrogen-bond acceptors (Lipinski definition) is 5. The molecule has 4 heterocycles. The largest absolute Gasteiger partial charge is 0.381 e. The first kappa shape index (κ1) is 20.2. The zero-order valence-electron chi connectivity index (χ0n) is 18.1. The number of rotatable bonds is 4. The highest BCUT2D eigenvalue weighted by atomic mass is 16.5. The predicted octanol–water partition coefficient (Wildman–Crippen LogP) is 2.76. The quantitative estimate of drug-likeness (QED) is 0.737. The average Bonchev–Trinajstić information content (AvgIpc) is 3.01. The highest BCUT2D eigenvalue weighted by molar-refractivity contribution is 5.18. The van der Waals surface area contributed by atoms with Crippen LogP contribution in [0.1, 0.15) is 46.0 Å². The Morgan fingerprint density at radius 2 is 1.68 bits per heavy atom. The van der Waals surface area contributed by atoms with E-state index in [1.54, 1.807) is 0 Å². The van der Waals surface area contributed by atoms with Gasteiger partial charge in [-0.2, -0.15) is 0 Å². The molecule has 4 rings (SSSR count). The van der Waals surface area contributed by atoms with Crippen LogP contribution in [0.3, 0.4) is 0 Å². The van der Waals surface area contributed by atoms with Gasteiger partial charge in [-0.15, -0.1) is 0 Å². The highest BCUT2D eigenvalue weighted by Gasteiger charge is 2.30. The molecular weight excluding hydrogens is 348 g/mol. The van der Waals surface area contributed by atoms with Gasteiger partial charge >= 0.3 is 0 Å². The van der Waals surface area contributed by atoms with Crippen molar-refractivity contribution >= 4 is 0 Å². The lowest BCUT2D eigenvalue weighted by atomic mass is 10.0. The van der Waals surface area contributed by atoms with Crippen molar-refractivity contribution in [1.82, 2.24) is 19.6 Å². The lowest BCUT2D eigenvalue weighted by molar-refractivity contribution is 0.0371. The van der Waals surface area contributed by atoms with Crippen molar-refractivity contribution in [3.8, 4) is 0 Å². The Balaban J connectivity index is 1.34. The molecule has 0 saturated carbocycles. The number of allylic oxidation sites excluding steroid dienone is 2. The molecule has 0 radical (unpaired) electrons. The van der Waals surface area contributed by atoms with Gasteiger partial charge in [-0.05, 0) is 65.1 Å². The SMILES string of the molecule is CC(C)N1CCC(N2CCCN(C3=CC=CCN3C3CCOCC3)CC2)CC1. The van der Waals surface area contributed by atoms with E-state index in [0.29, 0.717) is 12.1 Å². The Morgan fingerprint density at radius 3 is 2.43 bits per heavy atom. The van der Waals surface area contributed by atoms with Crippen LogP contribution in [0.4, 0.5) is 0 Å². The normalized spacial score (nSPS) is 27.3. The van der Waals surface area contributed by atoms with E-state index in [4.69, 9.17) is 4.74 Å². The molecule has 28 heavy (non-hydrogen) atoms.